The van der Waals surface area contributed by atoms with Gasteiger partial charge in [0.25, 0.3) is 0 Å². The second kappa shape index (κ2) is 8.52. The van der Waals surface area contributed by atoms with Crippen LogP contribution in [0.2, 0.25) is 0 Å². The van der Waals surface area contributed by atoms with Gasteiger partial charge in [-0.05, 0) is 46.3 Å². The highest BCUT2D eigenvalue weighted by Gasteiger charge is 2.29. The van der Waals surface area contributed by atoms with Crippen molar-refractivity contribution >= 4 is 37.3 Å². The van der Waals surface area contributed by atoms with E-state index in [4.69, 9.17) is 9.26 Å². The molecule has 1 aliphatic heterocycles. The molecule has 154 valence electrons. The Morgan fingerprint density at radius 2 is 1.93 bits per heavy atom. The number of nitrogens with zero attached hydrogens (tertiary/aromatic N) is 4. The number of halogens is 1. The normalized spacial score (nSPS) is 16.2. The predicted octanol–water partition coefficient (Wildman–Crippen LogP) is 3.08. The van der Waals surface area contributed by atoms with Gasteiger partial charge in [0, 0.05) is 36.0 Å². The van der Waals surface area contributed by atoms with Gasteiger partial charge in [-0.1, -0.05) is 5.16 Å². The topological polar surface area (TPSA) is 88.8 Å². The van der Waals surface area contributed by atoms with Gasteiger partial charge >= 0.3 is 0 Å². The molecule has 11 heteroatoms. The third kappa shape index (κ3) is 4.53. The van der Waals surface area contributed by atoms with E-state index in [0.29, 0.717) is 50.2 Å². The Morgan fingerprint density at radius 3 is 2.55 bits per heavy atom. The minimum Gasteiger partial charge on any atom is -0.497 e. The largest absolute Gasteiger partial charge is 0.497 e. The van der Waals surface area contributed by atoms with Crippen LogP contribution in [0.1, 0.15) is 5.89 Å². The van der Waals surface area contributed by atoms with E-state index in [2.05, 4.69) is 31.0 Å². The lowest BCUT2D eigenvalue weighted by Crippen LogP contribution is -2.48. The average Bonchev–Trinajstić information content (AvgIpc) is 3.37. The van der Waals surface area contributed by atoms with Gasteiger partial charge in [-0.15, -0.1) is 11.3 Å². The molecular weight excluding hydrogens is 480 g/mol. The zero-order valence-corrected chi connectivity index (χ0v) is 18.8. The van der Waals surface area contributed by atoms with Crippen LogP contribution in [0, 0.1) is 0 Å². The molecule has 0 radical (unpaired) electrons. The first-order valence-corrected chi connectivity index (χ1v) is 12.0. The van der Waals surface area contributed by atoms with Crippen molar-refractivity contribution in [3.63, 3.8) is 0 Å². The summed E-state index contributed by atoms with van der Waals surface area (Å²) in [6.07, 6.45) is 0. The smallest absolute Gasteiger partial charge is 0.243 e. The van der Waals surface area contributed by atoms with Crippen LogP contribution in [0.3, 0.4) is 0 Å². The number of ether oxygens (including phenoxy) is 1. The fraction of sp³-hybridized carbons (Fsp3) is 0.333. The van der Waals surface area contributed by atoms with Gasteiger partial charge in [0.15, 0.2) is 0 Å². The Hall–Kier alpha value is -1.79. The van der Waals surface area contributed by atoms with Crippen molar-refractivity contribution in [2.24, 2.45) is 0 Å². The highest BCUT2D eigenvalue weighted by molar-refractivity contribution is 9.10. The maximum Gasteiger partial charge on any atom is 0.243 e. The summed E-state index contributed by atoms with van der Waals surface area (Å²) in [4.78, 5) is 7.76. The lowest BCUT2D eigenvalue weighted by Gasteiger charge is -2.33. The van der Waals surface area contributed by atoms with E-state index in [-0.39, 0.29) is 4.90 Å². The molecule has 0 atom stereocenters. The quantitative estimate of drug-likeness (QED) is 0.515. The highest BCUT2D eigenvalue weighted by Crippen LogP contribution is 2.28. The Morgan fingerprint density at radius 1 is 1.21 bits per heavy atom. The van der Waals surface area contributed by atoms with Crippen molar-refractivity contribution in [3.05, 3.63) is 46.1 Å². The minimum atomic E-state index is -3.52. The zero-order chi connectivity index (χ0) is 20.4. The third-order valence-electron chi connectivity index (χ3n) is 4.64. The maximum absolute atomic E-state index is 12.8. The fourth-order valence-electron chi connectivity index (χ4n) is 3.07. The number of piperazine rings is 1. The molecule has 0 unspecified atom stereocenters. The van der Waals surface area contributed by atoms with Crippen molar-refractivity contribution in [2.45, 2.75) is 11.4 Å². The molecule has 0 amide bonds. The van der Waals surface area contributed by atoms with Gasteiger partial charge in [-0.2, -0.15) is 9.29 Å². The Kier molecular flexibility index (Phi) is 6.02. The SMILES string of the molecule is COc1ccc(S(=O)(=O)N2CCN(Cc3nc(-c4cc(Br)cs4)no3)CC2)cc1. The maximum atomic E-state index is 12.8. The highest BCUT2D eigenvalue weighted by atomic mass is 79.9. The van der Waals surface area contributed by atoms with Crippen molar-refractivity contribution in [1.29, 1.82) is 0 Å². The fourth-order valence-corrected chi connectivity index (χ4v) is 5.84. The van der Waals surface area contributed by atoms with Gasteiger partial charge in [0.2, 0.25) is 21.7 Å². The van der Waals surface area contributed by atoms with Crippen molar-refractivity contribution in [1.82, 2.24) is 19.3 Å². The first-order chi connectivity index (χ1) is 14.0. The number of methoxy groups -OCH3 is 1. The van der Waals surface area contributed by atoms with Crippen LogP contribution < -0.4 is 4.74 Å². The Labute approximate surface area is 181 Å². The number of hydrogen-bond donors (Lipinski definition) is 0. The van der Waals surface area contributed by atoms with Crippen molar-refractivity contribution < 1.29 is 17.7 Å². The molecule has 1 aliphatic rings. The molecule has 1 fully saturated rings. The molecule has 4 rings (SSSR count). The summed E-state index contributed by atoms with van der Waals surface area (Å²) in [6.45, 7) is 2.51. The predicted molar refractivity (Wildman–Crippen MR) is 112 cm³/mol. The van der Waals surface area contributed by atoms with Crippen LogP contribution >= 0.6 is 27.3 Å². The number of aromatic nitrogens is 2. The van der Waals surface area contributed by atoms with Gasteiger partial charge < -0.3 is 9.26 Å². The van der Waals surface area contributed by atoms with E-state index in [1.165, 1.54) is 15.6 Å². The molecule has 1 aromatic carbocycles. The van der Waals surface area contributed by atoms with Gasteiger partial charge in [0.1, 0.15) is 5.75 Å². The third-order valence-corrected chi connectivity index (χ3v) is 8.24. The molecule has 0 N–H and O–H groups in total. The Bertz CT molecular complexity index is 1070. The van der Waals surface area contributed by atoms with Crippen LogP contribution in [-0.2, 0) is 16.6 Å². The molecule has 0 spiro atoms. The van der Waals surface area contributed by atoms with E-state index in [1.807, 2.05) is 11.4 Å². The Balaban J connectivity index is 1.36. The van der Waals surface area contributed by atoms with Crippen molar-refractivity contribution in [3.8, 4) is 16.5 Å². The lowest BCUT2D eigenvalue weighted by molar-refractivity contribution is 0.163. The number of rotatable bonds is 6. The summed E-state index contributed by atoms with van der Waals surface area (Å²) >= 11 is 4.96. The number of thiophene rings is 1. The summed E-state index contributed by atoms with van der Waals surface area (Å²) < 4.78 is 38.6. The molecule has 29 heavy (non-hydrogen) atoms. The molecule has 2 aromatic heterocycles. The van der Waals surface area contributed by atoms with Gasteiger partial charge in [-0.25, -0.2) is 8.42 Å². The van der Waals surface area contributed by atoms with Crippen LogP contribution in [0.5, 0.6) is 5.75 Å². The lowest BCUT2D eigenvalue weighted by atomic mass is 10.3. The molecule has 1 saturated heterocycles. The zero-order valence-electron chi connectivity index (χ0n) is 15.6. The minimum absolute atomic E-state index is 0.274. The number of benzene rings is 1. The van der Waals surface area contributed by atoms with E-state index in [0.717, 1.165) is 9.35 Å². The standard InChI is InChI=1S/C18H19BrN4O4S2/c1-26-14-2-4-15(5-3-14)29(24,25)23-8-6-22(7-9-23)11-17-20-18(21-27-17)16-10-13(19)12-28-16/h2-5,10,12H,6-9,11H2,1H3. The second-order valence-corrected chi connectivity index (χ2v) is 10.3. The number of hydrogen-bond acceptors (Lipinski definition) is 8. The molecule has 8 nitrogen and oxygen atoms in total. The van der Waals surface area contributed by atoms with Gasteiger partial charge in [0.05, 0.1) is 23.4 Å². The first kappa shape index (κ1) is 20.5. The summed E-state index contributed by atoms with van der Waals surface area (Å²) in [5.74, 6) is 1.72. The second-order valence-electron chi connectivity index (χ2n) is 6.50. The summed E-state index contributed by atoms with van der Waals surface area (Å²) in [6, 6.07) is 8.40. The molecule has 0 bridgehead atoms. The van der Waals surface area contributed by atoms with Crippen LogP contribution in [-0.4, -0.2) is 61.1 Å². The molecule has 3 aromatic rings. The first-order valence-electron chi connectivity index (χ1n) is 8.89. The molecule has 0 saturated carbocycles. The van der Waals surface area contributed by atoms with E-state index in [1.54, 1.807) is 31.4 Å². The van der Waals surface area contributed by atoms with Crippen LogP contribution in [0.25, 0.3) is 10.7 Å². The monoisotopic (exact) mass is 498 g/mol. The average molecular weight is 499 g/mol. The summed E-state index contributed by atoms with van der Waals surface area (Å²) in [7, 11) is -1.97. The molecule has 0 aliphatic carbocycles. The molecular formula is C18H19BrN4O4S2. The summed E-state index contributed by atoms with van der Waals surface area (Å²) in [5.41, 5.74) is 0. The van der Waals surface area contributed by atoms with E-state index in [9.17, 15) is 8.42 Å². The van der Waals surface area contributed by atoms with E-state index < -0.39 is 10.0 Å². The van der Waals surface area contributed by atoms with Crippen LogP contribution in [0.15, 0.2) is 49.6 Å². The molecule has 3 heterocycles. The van der Waals surface area contributed by atoms with E-state index >= 15 is 0 Å². The number of sulfonamides is 1. The van der Waals surface area contributed by atoms with Crippen LogP contribution in [0.4, 0.5) is 0 Å². The van der Waals surface area contributed by atoms with Crippen molar-refractivity contribution in [2.75, 3.05) is 33.3 Å². The summed E-state index contributed by atoms with van der Waals surface area (Å²) in [5, 5.41) is 6.00. The van der Waals surface area contributed by atoms with Gasteiger partial charge in [-0.3, -0.25) is 4.90 Å².